The quantitative estimate of drug-likeness (QED) is 0.536. The average Bonchev–Trinajstić information content (AvgIpc) is 2.69. The summed E-state index contributed by atoms with van der Waals surface area (Å²) in [4.78, 5) is 24.6. The normalized spacial score (nSPS) is 14.8. The molecule has 1 saturated carbocycles. The monoisotopic (exact) mass is 350 g/mol. The number of benzene rings is 2. The van der Waals surface area contributed by atoms with Crippen molar-refractivity contribution in [1.29, 1.82) is 0 Å². The molecule has 0 unspecified atom stereocenters. The van der Waals surface area contributed by atoms with Crippen LogP contribution in [0.4, 0.5) is 0 Å². The molecule has 136 valence electrons. The molecule has 2 aromatic carbocycles. The van der Waals surface area contributed by atoms with Crippen LogP contribution in [-0.4, -0.2) is 18.4 Å². The van der Waals surface area contributed by atoms with E-state index < -0.39 is 5.97 Å². The van der Waals surface area contributed by atoms with Gasteiger partial charge in [0.1, 0.15) is 0 Å². The first-order valence-electron chi connectivity index (χ1n) is 9.43. The van der Waals surface area contributed by atoms with Crippen LogP contribution in [0.2, 0.25) is 0 Å². The number of carbonyl (C=O) groups excluding carboxylic acids is 2. The van der Waals surface area contributed by atoms with E-state index in [-0.39, 0.29) is 12.4 Å². The van der Waals surface area contributed by atoms with Crippen molar-refractivity contribution in [2.45, 2.75) is 51.9 Å². The summed E-state index contributed by atoms with van der Waals surface area (Å²) in [5.41, 5.74) is 4.35. The summed E-state index contributed by atoms with van der Waals surface area (Å²) in [5, 5.41) is 0. The minimum absolute atomic E-state index is 0.168. The second-order valence-corrected chi connectivity index (χ2v) is 7.20. The molecule has 0 radical (unpaired) electrons. The van der Waals surface area contributed by atoms with E-state index in [1.165, 1.54) is 37.7 Å². The fourth-order valence-electron chi connectivity index (χ4n) is 3.64. The molecule has 0 aliphatic heterocycles. The van der Waals surface area contributed by atoms with E-state index in [0.29, 0.717) is 17.0 Å². The van der Waals surface area contributed by atoms with Gasteiger partial charge in [-0.25, -0.2) is 4.79 Å². The van der Waals surface area contributed by atoms with E-state index in [1.807, 2.05) is 38.1 Å². The molecule has 0 heterocycles. The molecule has 3 heteroatoms. The Labute approximate surface area is 155 Å². The van der Waals surface area contributed by atoms with Gasteiger partial charge in [-0.1, -0.05) is 55.7 Å². The minimum atomic E-state index is -0.446. The van der Waals surface area contributed by atoms with Gasteiger partial charge in [0.2, 0.25) is 0 Å². The number of ether oxygens (including phenoxy) is 1. The van der Waals surface area contributed by atoms with Crippen molar-refractivity contribution in [1.82, 2.24) is 0 Å². The van der Waals surface area contributed by atoms with Crippen molar-refractivity contribution in [3.05, 3.63) is 70.3 Å². The molecule has 26 heavy (non-hydrogen) atoms. The number of Topliss-reactive ketones (excluding diaryl/α,β-unsaturated/α-hetero) is 1. The van der Waals surface area contributed by atoms with Crippen molar-refractivity contribution in [3.63, 3.8) is 0 Å². The highest BCUT2D eigenvalue weighted by Gasteiger charge is 2.17. The smallest absolute Gasteiger partial charge is 0.338 e. The third-order valence-electron chi connectivity index (χ3n) is 5.47. The number of esters is 1. The van der Waals surface area contributed by atoms with Crippen LogP contribution in [0.3, 0.4) is 0 Å². The molecule has 1 aliphatic rings. The van der Waals surface area contributed by atoms with Gasteiger partial charge >= 0.3 is 5.97 Å². The molecule has 0 saturated heterocycles. The molecule has 0 atom stereocenters. The van der Waals surface area contributed by atoms with Crippen LogP contribution >= 0.6 is 0 Å². The van der Waals surface area contributed by atoms with Gasteiger partial charge in [-0.05, 0) is 55.4 Å². The van der Waals surface area contributed by atoms with Gasteiger partial charge in [-0.3, -0.25) is 4.79 Å². The number of carbonyl (C=O) groups is 2. The Morgan fingerprint density at radius 2 is 1.65 bits per heavy atom. The van der Waals surface area contributed by atoms with Gasteiger partial charge in [0, 0.05) is 5.56 Å². The van der Waals surface area contributed by atoms with Gasteiger partial charge in [0.15, 0.2) is 12.4 Å². The van der Waals surface area contributed by atoms with Crippen LogP contribution in [0.5, 0.6) is 0 Å². The van der Waals surface area contributed by atoms with E-state index in [4.69, 9.17) is 4.74 Å². The molecule has 3 rings (SSSR count). The van der Waals surface area contributed by atoms with Crippen LogP contribution in [0, 0.1) is 13.8 Å². The molecule has 1 fully saturated rings. The van der Waals surface area contributed by atoms with E-state index in [1.54, 1.807) is 6.07 Å². The SMILES string of the molecule is Cc1cccc(C(=O)OCC(=O)c2ccc(C3CCCCC3)cc2)c1C. The molecule has 3 nitrogen and oxygen atoms in total. The third-order valence-corrected chi connectivity index (χ3v) is 5.47. The summed E-state index contributed by atoms with van der Waals surface area (Å²) >= 11 is 0. The lowest BCUT2D eigenvalue weighted by Gasteiger charge is -2.22. The van der Waals surface area contributed by atoms with E-state index in [0.717, 1.165) is 11.1 Å². The second-order valence-electron chi connectivity index (χ2n) is 7.20. The zero-order valence-electron chi connectivity index (χ0n) is 15.6. The number of hydrogen-bond donors (Lipinski definition) is 0. The predicted molar refractivity (Wildman–Crippen MR) is 103 cm³/mol. The summed E-state index contributed by atoms with van der Waals surface area (Å²) < 4.78 is 5.24. The summed E-state index contributed by atoms with van der Waals surface area (Å²) in [6.45, 7) is 3.61. The van der Waals surface area contributed by atoms with Crippen LogP contribution < -0.4 is 0 Å². The fourth-order valence-corrected chi connectivity index (χ4v) is 3.64. The van der Waals surface area contributed by atoms with Crippen LogP contribution in [0.15, 0.2) is 42.5 Å². The fraction of sp³-hybridized carbons (Fsp3) is 0.391. The number of aryl methyl sites for hydroxylation is 1. The summed E-state index contributed by atoms with van der Waals surface area (Å²) in [6, 6.07) is 13.3. The van der Waals surface area contributed by atoms with E-state index in [2.05, 4.69) is 12.1 Å². The van der Waals surface area contributed by atoms with Crippen molar-refractivity contribution >= 4 is 11.8 Å². The largest absolute Gasteiger partial charge is 0.454 e. The zero-order valence-corrected chi connectivity index (χ0v) is 15.6. The number of hydrogen-bond acceptors (Lipinski definition) is 3. The standard InChI is InChI=1S/C23H26O3/c1-16-7-6-10-21(17(16)2)23(25)26-15-22(24)20-13-11-19(12-14-20)18-8-4-3-5-9-18/h6-7,10-14,18H,3-5,8-9,15H2,1-2H3. The van der Waals surface area contributed by atoms with Gasteiger partial charge in [-0.2, -0.15) is 0 Å². The van der Waals surface area contributed by atoms with Gasteiger partial charge in [0.05, 0.1) is 5.56 Å². The molecular weight excluding hydrogens is 324 g/mol. The maximum atomic E-state index is 12.3. The third kappa shape index (κ3) is 4.21. The van der Waals surface area contributed by atoms with Crippen LogP contribution in [-0.2, 0) is 4.74 Å². The Morgan fingerprint density at radius 1 is 0.962 bits per heavy atom. The topological polar surface area (TPSA) is 43.4 Å². The second kappa shape index (κ2) is 8.31. The maximum Gasteiger partial charge on any atom is 0.338 e. The first-order valence-corrected chi connectivity index (χ1v) is 9.43. The Balaban J connectivity index is 1.59. The lowest BCUT2D eigenvalue weighted by Crippen LogP contribution is -2.15. The Bertz CT molecular complexity index is 784. The van der Waals surface area contributed by atoms with Crippen molar-refractivity contribution < 1.29 is 14.3 Å². The first kappa shape index (κ1) is 18.4. The highest BCUT2D eigenvalue weighted by Crippen LogP contribution is 2.32. The zero-order chi connectivity index (χ0) is 18.5. The number of rotatable bonds is 5. The first-order chi connectivity index (χ1) is 12.6. The molecule has 2 aromatic rings. The van der Waals surface area contributed by atoms with E-state index >= 15 is 0 Å². The summed E-state index contributed by atoms with van der Waals surface area (Å²) in [5.74, 6) is 0.00671. The highest BCUT2D eigenvalue weighted by atomic mass is 16.5. The molecule has 0 aromatic heterocycles. The average molecular weight is 350 g/mol. The maximum absolute atomic E-state index is 12.3. The Kier molecular flexibility index (Phi) is 5.87. The molecule has 0 spiro atoms. The Morgan fingerprint density at radius 3 is 2.35 bits per heavy atom. The molecule has 1 aliphatic carbocycles. The van der Waals surface area contributed by atoms with Gasteiger partial charge in [0.25, 0.3) is 0 Å². The van der Waals surface area contributed by atoms with E-state index in [9.17, 15) is 9.59 Å². The minimum Gasteiger partial charge on any atom is -0.454 e. The van der Waals surface area contributed by atoms with Crippen molar-refractivity contribution in [2.24, 2.45) is 0 Å². The van der Waals surface area contributed by atoms with Crippen molar-refractivity contribution in [3.8, 4) is 0 Å². The molecule has 0 bridgehead atoms. The lowest BCUT2D eigenvalue weighted by atomic mass is 9.84. The summed E-state index contributed by atoms with van der Waals surface area (Å²) in [7, 11) is 0. The highest BCUT2D eigenvalue weighted by molar-refractivity contribution is 5.99. The van der Waals surface area contributed by atoms with Crippen LogP contribution in [0.25, 0.3) is 0 Å². The Hall–Kier alpha value is -2.42. The van der Waals surface area contributed by atoms with Gasteiger partial charge in [-0.15, -0.1) is 0 Å². The summed E-state index contributed by atoms with van der Waals surface area (Å²) in [6.07, 6.45) is 6.39. The molecule has 0 amide bonds. The lowest BCUT2D eigenvalue weighted by molar-refractivity contribution is 0.0474. The van der Waals surface area contributed by atoms with Crippen molar-refractivity contribution in [2.75, 3.05) is 6.61 Å². The number of ketones is 1. The van der Waals surface area contributed by atoms with Crippen LogP contribution in [0.1, 0.15) is 75.4 Å². The molecule has 0 N–H and O–H groups in total. The van der Waals surface area contributed by atoms with Gasteiger partial charge < -0.3 is 4.74 Å². The predicted octanol–water partition coefficient (Wildman–Crippen LogP) is 5.39. The molecular formula is C23H26O3.